The average Bonchev–Trinajstić information content (AvgIpc) is 2.86. The second kappa shape index (κ2) is 5.78. The van der Waals surface area contributed by atoms with Gasteiger partial charge in [-0.05, 0) is 52.8 Å². The maximum absolute atomic E-state index is 3.70. The fourth-order valence-corrected chi connectivity index (χ4v) is 4.78. The summed E-state index contributed by atoms with van der Waals surface area (Å²) in [6.07, 6.45) is 1.22. The van der Waals surface area contributed by atoms with Crippen LogP contribution >= 0.6 is 27.3 Å². The number of rotatable bonds is 2. The average molecular weight is 336 g/mol. The van der Waals surface area contributed by atoms with Crippen LogP contribution in [-0.4, -0.2) is 13.1 Å². The van der Waals surface area contributed by atoms with Gasteiger partial charge in [0.2, 0.25) is 0 Å². The van der Waals surface area contributed by atoms with Crippen molar-refractivity contribution >= 4 is 27.3 Å². The van der Waals surface area contributed by atoms with E-state index in [0.717, 1.165) is 13.1 Å². The molecule has 1 saturated heterocycles. The van der Waals surface area contributed by atoms with E-state index in [-0.39, 0.29) is 0 Å². The van der Waals surface area contributed by atoms with E-state index in [2.05, 4.69) is 63.9 Å². The number of piperidine rings is 1. The van der Waals surface area contributed by atoms with Crippen LogP contribution < -0.4 is 5.32 Å². The quantitative estimate of drug-likeness (QED) is 0.840. The van der Waals surface area contributed by atoms with Gasteiger partial charge in [-0.2, -0.15) is 0 Å². The highest BCUT2D eigenvalue weighted by molar-refractivity contribution is 9.10. The van der Waals surface area contributed by atoms with Gasteiger partial charge in [0.25, 0.3) is 0 Å². The predicted octanol–water partition coefficient (Wildman–Crippen LogP) is 4.68. The lowest BCUT2D eigenvalue weighted by Crippen LogP contribution is -2.33. The third-order valence-electron chi connectivity index (χ3n) is 3.97. The Hall–Kier alpha value is -0.640. The molecule has 1 aliphatic heterocycles. The Morgan fingerprint density at radius 2 is 1.95 bits per heavy atom. The lowest BCUT2D eigenvalue weighted by Gasteiger charge is -2.32. The van der Waals surface area contributed by atoms with Gasteiger partial charge in [0.15, 0.2) is 0 Å². The highest BCUT2D eigenvalue weighted by Gasteiger charge is 2.29. The molecule has 0 bridgehead atoms. The number of hydrogen-bond acceptors (Lipinski definition) is 2. The molecule has 100 valence electrons. The first-order valence-corrected chi connectivity index (χ1v) is 8.43. The van der Waals surface area contributed by atoms with Gasteiger partial charge in [-0.1, -0.05) is 29.8 Å². The second-order valence-electron chi connectivity index (χ2n) is 5.25. The number of halogens is 1. The molecule has 3 rings (SSSR count). The normalized spacial score (nSPS) is 23.5. The van der Waals surface area contributed by atoms with Crippen molar-refractivity contribution in [3.05, 3.63) is 56.2 Å². The molecular formula is C16H18BrNS. The van der Waals surface area contributed by atoms with Crippen LogP contribution in [-0.2, 0) is 0 Å². The maximum atomic E-state index is 3.70. The Morgan fingerprint density at radius 1 is 1.16 bits per heavy atom. The summed E-state index contributed by atoms with van der Waals surface area (Å²) in [7, 11) is 0. The molecule has 2 unspecified atom stereocenters. The van der Waals surface area contributed by atoms with E-state index < -0.39 is 0 Å². The van der Waals surface area contributed by atoms with Gasteiger partial charge in [0.1, 0.15) is 0 Å². The molecule has 19 heavy (non-hydrogen) atoms. The molecule has 0 aliphatic carbocycles. The number of thiophene rings is 1. The highest BCUT2D eigenvalue weighted by atomic mass is 79.9. The minimum Gasteiger partial charge on any atom is -0.316 e. The Bertz CT molecular complexity index is 546. The third kappa shape index (κ3) is 2.78. The molecule has 0 amide bonds. The van der Waals surface area contributed by atoms with Gasteiger partial charge < -0.3 is 5.32 Å². The summed E-state index contributed by atoms with van der Waals surface area (Å²) in [6.45, 7) is 4.35. The van der Waals surface area contributed by atoms with Gasteiger partial charge in [0, 0.05) is 27.7 Å². The zero-order valence-corrected chi connectivity index (χ0v) is 13.4. The maximum Gasteiger partial charge on any atom is 0.0317 e. The van der Waals surface area contributed by atoms with Gasteiger partial charge >= 0.3 is 0 Å². The van der Waals surface area contributed by atoms with E-state index in [0.29, 0.717) is 11.8 Å². The molecule has 1 aliphatic rings. The van der Waals surface area contributed by atoms with E-state index in [1.165, 1.54) is 26.9 Å². The first-order valence-electron chi connectivity index (χ1n) is 6.76. The topological polar surface area (TPSA) is 12.0 Å². The fraction of sp³-hybridized carbons (Fsp3) is 0.375. The minimum absolute atomic E-state index is 0.587. The smallest absolute Gasteiger partial charge is 0.0317 e. The summed E-state index contributed by atoms with van der Waals surface area (Å²) < 4.78 is 1.28. The van der Waals surface area contributed by atoms with E-state index in [4.69, 9.17) is 0 Å². The minimum atomic E-state index is 0.587. The van der Waals surface area contributed by atoms with Crippen molar-refractivity contribution in [2.24, 2.45) is 0 Å². The van der Waals surface area contributed by atoms with E-state index >= 15 is 0 Å². The van der Waals surface area contributed by atoms with E-state index in [9.17, 15) is 0 Å². The van der Waals surface area contributed by atoms with Crippen LogP contribution in [0.2, 0.25) is 0 Å². The zero-order chi connectivity index (χ0) is 13.2. The molecule has 0 radical (unpaired) electrons. The summed E-state index contributed by atoms with van der Waals surface area (Å²) in [5.74, 6) is 1.22. The third-order valence-corrected chi connectivity index (χ3v) is 5.97. The molecule has 0 saturated carbocycles. The molecule has 3 heteroatoms. The Labute approximate surface area is 127 Å². The molecule has 1 fully saturated rings. The molecule has 2 atom stereocenters. The van der Waals surface area contributed by atoms with Crippen LogP contribution in [0.4, 0.5) is 0 Å². The Morgan fingerprint density at radius 3 is 2.63 bits per heavy atom. The van der Waals surface area contributed by atoms with Crippen LogP contribution in [0.1, 0.15) is 34.3 Å². The summed E-state index contributed by atoms with van der Waals surface area (Å²) in [4.78, 5) is 1.51. The number of hydrogen-bond donors (Lipinski definition) is 1. The fourth-order valence-electron chi connectivity index (χ4n) is 2.91. The van der Waals surface area contributed by atoms with Crippen molar-refractivity contribution in [1.82, 2.24) is 5.32 Å². The van der Waals surface area contributed by atoms with Gasteiger partial charge in [-0.15, -0.1) is 11.3 Å². The molecule has 0 spiro atoms. The van der Waals surface area contributed by atoms with Crippen LogP contribution in [0.3, 0.4) is 0 Å². The Kier molecular flexibility index (Phi) is 4.06. The largest absolute Gasteiger partial charge is 0.316 e. The van der Waals surface area contributed by atoms with Crippen LogP contribution in [0.25, 0.3) is 0 Å². The summed E-state index contributed by atoms with van der Waals surface area (Å²) in [5.41, 5.74) is 2.80. The highest BCUT2D eigenvalue weighted by Crippen LogP contribution is 2.42. The lowest BCUT2D eigenvalue weighted by atomic mass is 9.80. The van der Waals surface area contributed by atoms with E-state index in [1.807, 2.05) is 11.3 Å². The van der Waals surface area contributed by atoms with Crippen molar-refractivity contribution in [1.29, 1.82) is 0 Å². The predicted molar refractivity (Wildman–Crippen MR) is 86.2 cm³/mol. The first kappa shape index (κ1) is 13.3. The van der Waals surface area contributed by atoms with Crippen molar-refractivity contribution in [3.8, 4) is 0 Å². The van der Waals surface area contributed by atoms with Crippen molar-refractivity contribution in [3.63, 3.8) is 0 Å². The summed E-state index contributed by atoms with van der Waals surface area (Å²) >= 11 is 5.59. The van der Waals surface area contributed by atoms with Gasteiger partial charge in [-0.25, -0.2) is 0 Å². The van der Waals surface area contributed by atoms with Crippen molar-refractivity contribution in [2.75, 3.05) is 13.1 Å². The molecule has 1 aromatic carbocycles. The van der Waals surface area contributed by atoms with Crippen LogP contribution in [0, 0.1) is 6.92 Å². The number of aryl methyl sites for hydroxylation is 1. The molecule has 1 N–H and O–H groups in total. The molecule has 2 heterocycles. The molecule has 1 nitrogen and oxygen atoms in total. The Balaban J connectivity index is 1.93. The summed E-state index contributed by atoms with van der Waals surface area (Å²) in [5, 5.41) is 5.74. The zero-order valence-electron chi connectivity index (χ0n) is 11.0. The molecule has 2 aromatic rings. The number of nitrogens with one attached hydrogen (secondary N) is 1. The first-order chi connectivity index (χ1) is 9.25. The standard InChI is InChI=1S/C16H18BrNS/c1-11-2-4-12(5-3-11)14-10-18-8-6-13(14)16-15(17)7-9-19-16/h2-5,7,9,13-14,18H,6,8,10H2,1H3. The van der Waals surface area contributed by atoms with Crippen LogP contribution in [0.15, 0.2) is 40.2 Å². The molecular weight excluding hydrogens is 318 g/mol. The van der Waals surface area contributed by atoms with Crippen LogP contribution in [0.5, 0.6) is 0 Å². The second-order valence-corrected chi connectivity index (χ2v) is 7.05. The number of benzene rings is 1. The summed E-state index contributed by atoms with van der Waals surface area (Å²) in [6, 6.07) is 11.2. The SMILES string of the molecule is Cc1ccc(C2CNCCC2c2sccc2Br)cc1. The monoisotopic (exact) mass is 335 g/mol. The van der Waals surface area contributed by atoms with Gasteiger partial charge in [0.05, 0.1) is 0 Å². The van der Waals surface area contributed by atoms with E-state index in [1.54, 1.807) is 0 Å². The lowest BCUT2D eigenvalue weighted by molar-refractivity contribution is 0.407. The van der Waals surface area contributed by atoms with Crippen molar-refractivity contribution < 1.29 is 0 Å². The van der Waals surface area contributed by atoms with Crippen molar-refractivity contribution in [2.45, 2.75) is 25.2 Å². The van der Waals surface area contributed by atoms with Gasteiger partial charge in [-0.3, -0.25) is 0 Å². The molecule has 1 aromatic heterocycles.